The second-order valence-corrected chi connectivity index (χ2v) is 8.60. The lowest BCUT2D eigenvalue weighted by Crippen LogP contribution is -2.37. The van der Waals surface area contributed by atoms with Gasteiger partial charge in [0.2, 0.25) is 0 Å². The zero-order valence-corrected chi connectivity index (χ0v) is 19.0. The molecule has 0 spiro atoms. The number of carbonyl (C=O) groups is 2. The molecule has 4 rings (SSSR count). The first-order valence-corrected chi connectivity index (χ1v) is 11.5. The van der Waals surface area contributed by atoms with Crippen molar-refractivity contribution >= 4 is 29.2 Å². The molecule has 1 heterocycles. The van der Waals surface area contributed by atoms with Crippen LogP contribution in [0.25, 0.3) is 6.08 Å². The van der Waals surface area contributed by atoms with Crippen molar-refractivity contribution in [1.82, 2.24) is 10.6 Å². The predicted octanol–water partition coefficient (Wildman–Crippen LogP) is 5.73. The molecular weight excluding hydrogens is 428 g/mol. The van der Waals surface area contributed by atoms with Gasteiger partial charge >= 0.3 is 0 Å². The standard InChI is InChI=1S/C28H24N2O2S/c1-20-14-16-23(17-15-20)27(31)29-25(19-24-13-8-18-33-24)28(32)30-26(21-9-4-2-5-10-21)22-11-6-3-7-12-22/h2-19,26H,1H3,(H,29,31)(H,30,32)/b25-19-. The Bertz CT molecular complexity index is 1190. The van der Waals surface area contributed by atoms with Crippen molar-refractivity contribution < 1.29 is 9.59 Å². The van der Waals surface area contributed by atoms with E-state index < -0.39 is 0 Å². The summed E-state index contributed by atoms with van der Waals surface area (Å²) < 4.78 is 0. The van der Waals surface area contributed by atoms with Gasteiger partial charge in [0.1, 0.15) is 5.70 Å². The van der Waals surface area contributed by atoms with E-state index in [2.05, 4.69) is 10.6 Å². The number of hydrogen-bond donors (Lipinski definition) is 2. The SMILES string of the molecule is Cc1ccc(C(=O)N/C(=C\c2cccs2)C(=O)NC(c2ccccc2)c2ccccc2)cc1. The molecule has 4 aromatic rings. The molecule has 33 heavy (non-hydrogen) atoms. The van der Waals surface area contributed by atoms with E-state index in [1.807, 2.05) is 97.2 Å². The number of nitrogens with one attached hydrogen (secondary N) is 2. The molecule has 0 unspecified atom stereocenters. The lowest BCUT2D eigenvalue weighted by atomic mass is 9.98. The molecule has 0 atom stereocenters. The Hall–Kier alpha value is -3.96. The number of thiophene rings is 1. The molecule has 0 fully saturated rings. The van der Waals surface area contributed by atoms with Crippen LogP contribution in [0.1, 0.15) is 38.0 Å². The topological polar surface area (TPSA) is 58.2 Å². The average molecular weight is 453 g/mol. The van der Waals surface area contributed by atoms with Crippen LogP contribution in [0, 0.1) is 6.92 Å². The minimum atomic E-state index is -0.360. The summed E-state index contributed by atoms with van der Waals surface area (Å²) in [6.45, 7) is 1.96. The van der Waals surface area contributed by atoms with Crippen molar-refractivity contribution in [2.45, 2.75) is 13.0 Å². The van der Waals surface area contributed by atoms with Gasteiger partial charge < -0.3 is 10.6 Å². The molecule has 164 valence electrons. The Morgan fingerprint density at radius 3 is 1.94 bits per heavy atom. The fraction of sp³-hybridized carbons (Fsp3) is 0.0714. The third-order valence-electron chi connectivity index (χ3n) is 5.18. The maximum absolute atomic E-state index is 13.5. The van der Waals surface area contributed by atoms with Gasteiger partial charge in [-0.15, -0.1) is 11.3 Å². The molecule has 0 aliphatic heterocycles. The van der Waals surface area contributed by atoms with E-state index >= 15 is 0 Å². The fourth-order valence-electron chi connectivity index (χ4n) is 3.43. The van der Waals surface area contributed by atoms with Gasteiger partial charge in [-0.2, -0.15) is 0 Å². The summed E-state index contributed by atoms with van der Waals surface area (Å²) in [4.78, 5) is 27.2. The maximum Gasteiger partial charge on any atom is 0.268 e. The Labute approximate surface area is 197 Å². The molecule has 2 amide bonds. The summed E-state index contributed by atoms with van der Waals surface area (Å²) in [5, 5.41) is 7.86. The van der Waals surface area contributed by atoms with Crippen molar-refractivity contribution in [3.8, 4) is 0 Å². The van der Waals surface area contributed by atoms with Gasteiger partial charge in [0.25, 0.3) is 11.8 Å². The molecular formula is C28H24N2O2S. The number of carbonyl (C=O) groups excluding carboxylic acids is 2. The molecule has 0 radical (unpaired) electrons. The highest BCUT2D eigenvalue weighted by atomic mass is 32.1. The van der Waals surface area contributed by atoms with Crippen molar-refractivity contribution in [3.63, 3.8) is 0 Å². The van der Waals surface area contributed by atoms with Crippen LogP contribution in [0.3, 0.4) is 0 Å². The molecule has 0 aliphatic rings. The van der Waals surface area contributed by atoms with Gasteiger partial charge in [-0.25, -0.2) is 0 Å². The van der Waals surface area contributed by atoms with Gasteiger partial charge in [-0.05, 0) is 47.7 Å². The largest absolute Gasteiger partial charge is 0.340 e. The van der Waals surface area contributed by atoms with E-state index in [0.717, 1.165) is 21.6 Å². The van der Waals surface area contributed by atoms with Crippen LogP contribution in [-0.4, -0.2) is 11.8 Å². The van der Waals surface area contributed by atoms with Gasteiger partial charge in [-0.1, -0.05) is 84.4 Å². The molecule has 0 bridgehead atoms. The van der Waals surface area contributed by atoms with E-state index in [9.17, 15) is 9.59 Å². The Balaban J connectivity index is 1.63. The number of benzene rings is 3. The molecule has 0 saturated carbocycles. The first-order chi connectivity index (χ1) is 16.1. The summed E-state index contributed by atoms with van der Waals surface area (Å²) in [6, 6.07) is 30.3. The highest BCUT2D eigenvalue weighted by molar-refractivity contribution is 7.10. The number of aryl methyl sites for hydroxylation is 1. The molecule has 5 heteroatoms. The van der Waals surface area contributed by atoms with Gasteiger partial charge in [-0.3, -0.25) is 9.59 Å². The average Bonchev–Trinajstić information content (AvgIpc) is 3.36. The van der Waals surface area contributed by atoms with Crippen LogP contribution in [0.5, 0.6) is 0 Å². The summed E-state index contributed by atoms with van der Waals surface area (Å²) >= 11 is 1.50. The predicted molar refractivity (Wildman–Crippen MR) is 134 cm³/mol. The van der Waals surface area contributed by atoms with Gasteiger partial charge in [0.05, 0.1) is 6.04 Å². The Morgan fingerprint density at radius 1 is 0.788 bits per heavy atom. The Morgan fingerprint density at radius 2 is 1.39 bits per heavy atom. The molecule has 3 aromatic carbocycles. The van der Waals surface area contributed by atoms with E-state index in [-0.39, 0.29) is 23.6 Å². The van der Waals surface area contributed by atoms with Crippen LogP contribution < -0.4 is 10.6 Å². The smallest absolute Gasteiger partial charge is 0.268 e. The quantitative estimate of drug-likeness (QED) is 0.352. The summed E-state index contributed by atoms with van der Waals surface area (Å²) in [5.74, 6) is -0.689. The van der Waals surface area contributed by atoms with Crippen LogP contribution >= 0.6 is 11.3 Å². The minimum absolute atomic E-state index is 0.194. The van der Waals surface area contributed by atoms with Crippen LogP contribution in [-0.2, 0) is 4.79 Å². The number of amides is 2. The van der Waals surface area contributed by atoms with E-state index in [0.29, 0.717) is 5.56 Å². The molecule has 4 nitrogen and oxygen atoms in total. The van der Waals surface area contributed by atoms with Crippen molar-refractivity contribution in [1.29, 1.82) is 0 Å². The molecule has 0 saturated heterocycles. The maximum atomic E-state index is 13.5. The third-order valence-corrected chi connectivity index (χ3v) is 6.00. The zero-order chi connectivity index (χ0) is 23.0. The first-order valence-electron chi connectivity index (χ1n) is 10.6. The van der Waals surface area contributed by atoms with Crippen molar-refractivity contribution in [2.75, 3.05) is 0 Å². The monoisotopic (exact) mass is 452 g/mol. The van der Waals surface area contributed by atoms with Crippen LogP contribution in [0.4, 0.5) is 0 Å². The second-order valence-electron chi connectivity index (χ2n) is 7.62. The highest BCUT2D eigenvalue weighted by Gasteiger charge is 2.21. The van der Waals surface area contributed by atoms with E-state index in [1.54, 1.807) is 18.2 Å². The van der Waals surface area contributed by atoms with E-state index in [4.69, 9.17) is 0 Å². The number of rotatable bonds is 7. The molecule has 0 aliphatic carbocycles. The van der Waals surface area contributed by atoms with Crippen molar-refractivity contribution in [2.24, 2.45) is 0 Å². The molecule has 2 N–H and O–H groups in total. The lowest BCUT2D eigenvalue weighted by Gasteiger charge is -2.21. The Kier molecular flexibility index (Phi) is 7.12. The summed E-state index contributed by atoms with van der Waals surface area (Å²) in [7, 11) is 0. The summed E-state index contributed by atoms with van der Waals surface area (Å²) in [6.07, 6.45) is 1.71. The molecule has 1 aromatic heterocycles. The lowest BCUT2D eigenvalue weighted by molar-refractivity contribution is -0.118. The van der Waals surface area contributed by atoms with Crippen molar-refractivity contribution in [3.05, 3.63) is 135 Å². The minimum Gasteiger partial charge on any atom is -0.340 e. The third kappa shape index (κ3) is 5.84. The van der Waals surface area contributed by atoms with Crippen LogP contribution in [0.2, 0.25) is 0 Å². The second kappa shape index (κ2) is 10.6. The van der Waals surface area contributed by atoms with Crippen LogP contribution in [0.15, 0.2) is 108 Å². The van der Waals surface area contributed by atoms with E-state index in [1.165, 1.54) is 11.3 Å². The van der Waals surface area contributed by atoms with Gasteiger partial charge in [0.15, 0.2) is 0 Å². The first kappa shape index (κ1) is 22.2. The number of hydrogen-bond acceptors (Lipinski definition) is 3. The summed E-state index contributed by atoms with van der Waals surface area (Å²) in [5.41, 5.74) is 3.66. The fourth-order valence-corrected chi connectivity index (χ4v) is 4.09. The highest BCUT2D eigenvalue weighted by Crippen LogP contribution is 2.23. The normalized spacial score (nSPS) is 11.3. The van der Waals surface area contributed by atoms with Gasteiger partial charge in [0, 0.05) is 10.4 Å². The zero-order valence-electron chi connectivity index (χ0n) is 18.2.